The van der Waals surface area contributed by atoms with Crippen molar-refractivity contribution in [2.45, 2.75) is 19.0 Å². The molecule has 0 aliphatic carbocycles. The van der Waals surface area contributed by atoms with Gasteiger partial charge in [-0.25, -0.2) is 4.68 Å². The fraction of sp³-hybridized carbons (Fsp3) is 0.500. The molecule has 2 aliphatic heterocycles. The van der Waals surface area contributed by atoms with Crippen LogP contribution in [0.4, 0.5) is 13.2 Å². The van der Waals surface area contributed by atoms with Crippen LogP contribution in [0.2, 0.25) is 0 Å². The van der Waals surface area contributed by atoms with Crippen molar-refractivity contribution in [2.75, 3.05) is 46.5 Å². The third-order valence-corrected chi connectivity index (χ3v) is 5.92. The molecule has 1 aromatic heterocycles. The van der Waals surface area contributed by atoms with Gasteiger partial charge in [-0.2, -0.15) is 18.3 Å². The molecular weight excluding hydrogens is 441 g/mol. The average molecular weight is 466 g/mol. The van der Waals surface area contributed by atoms with Crippen LogP contribution >= 0.6 is 0 Å². The highest BCUT2D eigenvalue weighted by molar-refractivity contribution is 5.95. The predicted octanol–water partition coefficient (Wildman–Crippen LogP) is 2.61. The van der Waals surface area contributed by atoms with E-state index in [2.05, 4.69) is 5.10 Å². The number of nitrogens with zero attached hydrogens (tertiary/aromatic N) is 4. The molecule has 4 rings (SSSR count). The van der Waals surface area contributed by atoms with E-state index in [1.807, 2.05) is 0 Å². The van der Waals surface area contributed by atoms with E-state index in [0.717, 1.165) is 12.1 Å². The zero-order valence-electron chi connectivity index (χ0n) is 18.2. The van der Waals surface area contributed by atoms with E-state index in [0.29, 0.717) is 45.7 Å². The van der Waals surface area contributed by atoms with E-state index < -0.39 is 17.6 Å². The summed E-state index contributed by atoms with van der Waals surface area (Å²) in [4.78, 5) is 29.5. The van der Waals surface area contributed by atoms with Gasteiger partial charge in [-0.05, 0) is 31.0 Å². The van der Waals surface area contributed by atoms with Crippen molar-refractivity contribution in [1.82, 2.24) is 19.6 Å². The summed E-state index contributed by atoms with van der Waals surface area (Å²) in [7, 11) is 1.37. The largest absolute Gasteiger partial charge is 0.493 e. The number of methoxy groups -OCH3 is 1. The van der Waals surface area contributed by atoms with Gasteiger partial charge in [-0.3, -0.25) is 9.59 Å². The third-order valence-electron chi connectivity index (χ3n) is 5.92. The van der Waals surface area contributed by atoms with Crippen molar-refractivity contribution in [3.8, 4) is 11.4 Å². The van der Waals surface area contributed by atoms with Crippen molar-refractivity contribution in [3.63, 3.8) is 0 Å². The van der Waals surface area contributed by atoms with Gasteiger partial charge in [0.1, 0.15) is 0 Å². The first-order valence-corrected chi connectivity index (χ1v) is 10.7. The fourth-order valence-corrected chi connectivity index (χ4v) is 4.17. The number of morpholine rings is 1. The third kappa shape index (κ3) is 4.97. The highest BCUT2D eigenvalue weighted by atomic mass is 19.4. The second-order valence-corrected chi connectivity index (χ2v) is 8.07. The average Bonchev–Trinajstić information content (AvgIpc) is 3.28. The number of carbonyl (C=O) groups excluding carboxylic acids is 2. The van der Waals surface area contributed by atoms with Crippen LogP contribution in [0, 0.1) is 5.92 Å². The van der Waals surface area contributed by atoms with Gasteiger partial charge >= 0.3 is 6.18 Å². The number of benzene rings is 1. The molecule has 3 heterocycles. The molecule has 8 nitrogen and oxygen atoms in total. The number of alkyl halides is 3. The molecule has 1 aromatic carbocycles. The van der Waals surface area contributed by atoms with Gasteiger partial charge in [0.05, 0.1) is 43.7 Å². The molecule has 2 aromatic rings. The summed E-state index contributed by atoms with van der Waals surface area (Å²) < 4.78 is 51.0. The lowest BCUT2D eigenvalue weighted by molar-refractivity contribution is -0.141. The van der Waals surface area contributed by atoms with Gasteiger partial charge in [0.2, 0.25) is 5.91 Å². The van der Waals surface area contributed by atoms with Crippen molar-refractivity contribution in [1.29, 1.82) is 0 Å². The highest BCUT2D eigenvalue weighted by Crippen LogP contribution is 2.31. The number of hydrogen-bond donors (Lipinski definition) is 0. The van der Waals surface area contributed by atoms with Gasteiger partial charge in [0.25, 0.3) is 5.91 Å². The highest BCUT2D eigenvalue weighted by Gasteiger charge is 2.34. The quantitative estimate of drug-likeness (QED) is 0.693. The number of piperidine rings is 1. The number of carbonyl (C=O) groups is 2. The molecule has 0 N–H and O–H groups in total. The zero-order valence-corrected chi connectivity index (χ0v) is 18.2. The lowest BCUT2D eigenvalue weighted by atomic mass is 9.96. The van der Waals surface area contributed by atoms with Crippen molar-refractivity contribution < 1.29 is 32.2 Å². The normalized spacial score (nSPS) is 19.5. The van der Waals surface area contributed by atoms with Gasteiger partial charge < -0.3 is 19.3 Å². The topological polar surface area (TPSA) is 76.9 Å². The lowest BCUT2D eigenvalue weighted by Crippen LogP contribution is -2.49. The monoisotopic (exact) mass is 466 g/mol. The van der Waals surface area contributed by atoms with Crippen LogP contribution in [0.5, 0.6) is 5.75 Å². The molecule has 0 bridgehead atoms. The van der Waals surface area contributed by atoms with E-state index in [1.165, 1.54) is 30.1 Å². The van der Waals surface area contributed by atoms with Crippen LogP contribution in [0.3, 0.4) is 0 Å². The number of ether oxygens (including phenoxy) is 2. The minimum absolute atomic E-state index is 0.00520. The second kappa shape index (κ2) is 9.42. The van der Waals surface area contributed by atoms with Crippen molar-refractivity contribution >= 4 is 11.8 Å². The van der Waals surface area contributed by atoms with Crippen LogP contribution in [-0.2, 0) is 15.7 Å². The number of rotatable bonds is 4. The molecule has 1 unspecified atom stereocenters. The summed E-state index contributed by atoms with van der Waals surface area (Å²) in [5, 5.41) is 4.23. The van der Waals surface area contributed by atoms with Crippen LogP contribution in [0.15, 0.2) is 30.5 Å². The van der Waals surface area contributed by atoms with Crippen molar-refractivity contribution in [2.24, 2.45) is 5.92 Å². The minimum Gasteiger partial charge on any atom is -0.493 e. The van der Waals surface area contributed by atoms with Crippen LogP contribution in [0.1, 0.15) is 28.9 Å². The van der Waals surface area contributed by atoms with E-state index in [9.17, 15) is 22.8 Å². The Balaban J connectivity index is 1.53. The first-order valence-electron chi connectivity index (χ1n) is 10.7. The molecule has 2 saturated heterocycles. The van der Waals surface area contributed by atoms with E-state index in [1.54, 1.807) is 9.80 Å². The Kier molecular flexibility index (Phi) is 6.59. The lowest BCUT2D eigenvalue weighted by Gasteiger charge is -2.36. The molecule has 2 fully saturated rings. The molecule has 0 radical (unpaired) electrons. The molecule has 33 heavy (non-hydrogen) atoms. The Labute approximate surface area is 188 Å². The summed E-state index contributed by atoms with van der Waals surface area (Å²) in [6, 6.07) is 4.67. The number of halogens is 3. The predicted molar refractivity (Wildman–Crippen MR) is 111 cm³/mol. The summed E-state index contributed by atoms with van der Waals surface area (Å²) in [6.07, 6.45) is -1.76. The Morgan fingerprint density at radius 2 is 1.91 bits per heavy atom. The maximum Gasteiger partial charge on any atom is 0.416 e. The molecular formula is C22H25F3N4O4. The smallest absolute Gasteiger partial charge is 0.416 e. The standard InChI is InChI=1S/C22H25F3N4O4/c1-32-18-14-29(17-6-2-5-16(12-17)22(23,24)25)26-19(18)21(31)28-7-3-4-15(13-28)20(30)27-8-10-33-11-9-27/h2,5-6,12,14-15H,3-4,7-11,13H2,1H3. The van der Waals surface area contributed by atoms with Crippen molar-refractivity contribution in [3.05, 3.63) is 41.7 Å². The molecule has 2 amide bonds. The fourth-order valence-electron chi connectivity index (χ4n) is 4.17. The van der Waals surface area contributed by atoms with Crippen LogP contribution < -0.4 is 4.74 Å². The SMILES string of the molecule is COc1cn(-c2cccc(C(F)(F)F)c2)nc1C(=O)N1CCCC(C(=O)N2CCOCC2)C1. The van der Waals surface area contributed by atoms with E-state index in [-0.39, 0.29) is 35.5 Å². The van der Waals surface area contributed by atoms with Crippen LogP contribution in [0.25, 0.3) is 5.69 Å². The Morgan fingerprint density at radius 3 is 2.61 bits per heavy atom. The minimum atomic E-state index is -4.50. The molecule has 2 aliphatic rings. The number of amides is 2. The van der Waals surface area contributed by atoms with Gasteiger partial charge in [-0.1, -0.05) is 6.07 Å². The Bertz CT molecular complexity index is 1020. The number of hydrogen-bond acceptors (Lipinski definition) is 5. The molecule has 178 valence electrons. The summed E-state index contributed by atoms with van der Waals surface area (Å²) in [5.41, 5.74) is -0.668. The Hall–Kier alpha value is -3.08. The second-order valence-electron chi connectivity index (χ2n) is 8.07. The summed E-state index contributed by atoms with van der Waals surface area (Å²) >= 11 is 0. The molecule has 1 atom stereocenters. The van der Waals surface area contributed by atoms with E-state index >= 15 is 0 Å². The van der Waals surface area contributed by atoms with Gasteiger partial charge in [-0.15, -0.1) is 0 Å². The van der Waals surface area contributed by atoms with Gasteiger partial charge in [0.15, 0.2) is 11.4 Å². The van der Waals surface area contributed by atoms with Gasteiger partial charge in [0, 0.05) is 26.2 Å². The van der Waals surface area contributed by atoms with E-state index in [4.69, 9.17) is 9.47 Å². The number of likely N-dealkylation sites (tertiary alicyclic amines) is 1. The Morgan fingerprint density at radius 1 is 1.15 bits per heavy atom. The summed E-state index contributed by atoms with van der Waals surface area (Å²) in [5.74, 6) is -0.564. The first kappa shape index (κ1) is 23.1. The summed E-state index contributed by atoms with van der Waals surface area (Å²) in [6.45, 7) is 2.81. The number of aromatic nitrogens is 2. The molecule has 0 spiro atoms. The maximum absolute atomic E-state index is 13.2. The molecule has 0 saturated carbocycles. The molecule has 11 heteroatoms. The zero-order chi connectivity index (χ0) is 23.6. The van der Waals surface area contributed by atoms with Crippen LogP contribution in [-0.4, -0.2) is 77.9 Å². The maximum atomic E-state index is 13.2. The first-order chi connectivity index (χ1) is 15.8.